The molecule has 0 radical (unpaired) electrons. The average Bonchev–Trinajstić information content (AvgIpc) is 3.18. The Morgan fingerprint density at radius 2 is 1.97 bits per heavy atom. The van der Waals surface area contributed by atoms with Crippen molar-refractivity contribution >= 4 is 34.7 Å². The molecular weight excluding hydrogens is 447 g/mol. The summed E-state index contributed by atoms with van der Waals surface area (Å²) in [6, 6.07) is 12.0. The van der Waals surface area contributed by atoms with Gasteiger partial charge in [-0.25, -0.2) is 9.18 Å². The van der Waals surface area contributed by atoms with Crippen molar-refractivity contribution in [2.75, 3.05) is 42.6 Å². The number of halogens is 1. The summed E-state index contributed by atoms with van der Waals surface area (Å²) in [5.41, 5.74) is 2.41. The van der Waals surface area contributed by atoms with E-state index in [-0.39, 0.29) is 19.0 Å². The number of benzene rings is 2. The molecule has 1 N–H and O–H groups in total. The summed E-state index contributed by atoms with van der Waals surface area (Å²) in [6.07, 6.45) is 0.694. The van der Waals surface area contributed by atoms with Crippen LogP contribution in [-0.4, -0.2) is 71.2 Å². The maximum absolute atomic E-state index is 14.9. The van der Waals surface area contributed by atoms with E-state index in [1.54, 1.807) is 18.3 Å². The summed E-state index contributed by atoms with van der Waals surface area (Å²) in [6.45, 7) is 3.19. The molecule has 33 heavy (non-hydrogen) atoms. The van der Waals surface area contributed by atoms with Crippen LogP contribution in [0.15, 0.2) is 47.6 Å². The molecule has 2 aliphatic rings. The van der Waals surface area contributed by atoms with E-state index < -0.39 is 28.8 Å². The van der Waals surface area contributed by atoms with E-state index in [0.717, 1.165) is 5.56 Å². The van der Waals surface area contributed by atoms with E-state index in [9.17, 15) is 18.2 Å². The number of anilines is 1. The molecule has 0 unspecified atom stereocenters. The molecule has 2 aliphatic heterocycles. The summed E-state index contributed by atoms with van der Waals surface area (Å²) in [5, 5.41) is 8.94. The van der Waals surface area contributed by atoms with Gasteiger partial charge in [0.15, 0.2) is 0 Å². The van der Waals surface area contributed by atoms with Gasteiger partial charge in [-0.3, -0.25) is 18.9 Å². The first-order chi connectivity index (χ1) is 15.9. The van der Waals surface area contributed by atoms with Crippen LogP contribution in [0, 0.1) is 5.82 Å². The zero-order chi connectivity index (χ0) is 23.4. The van der Waals surface area contributed by atoms with Crippen molar-refractivity contribution in [2.45, 2.75) is 13.0 Å². The van der Waals surface area contributed by atoms with Crippen LogP contribution in [0.25, 0.3) is 11.1 Å². The Hall–Kier alpha value is -3.27. The molecule has 0 aliphatic carbocycles. The molecule has 0 aromatic heterocycles. The Balaban J connectivity index is 1.41. The average molecular weight is 473 g/mol. The van der Waals surface area contributed by atoms with Crippen LogP contribution in [0.3, 0.4) is 0 Å². The number of hydrogen-bond donors (Lipinski definition) is 1. The predicted molar refractivity (Wildman–Crippen MR) is 125 cm³/mol. The number of nitrogens with zero attached hydrogens (tertiary/aromatic N) is 3. The number of carbonyl (C=O) groups is 2. The zero-order valence-electron chi connectivity index (χ0n) is 18.2. The standard InChI is InChI=1S/C23H25FN4O4S/c1-16(29)25-14-20-15-28(23(30)32-20)19-6-7-21(22(24)12-19)18-4-2-17(3-5-18)13-26-27-8-10-33(31)11-9-27/h2-7,12-13,20H,8-11,14-15H2,1H3,(H,25,29)/t20-/m0/s1. The second kappa shape index (κ2) is 10.1. The van der Waals surface area contributed by atoms with Gasteiger partial charge >= 0.3 is 6.09 Å². The minimum atomic E-state index is -0.740. The number of nitrogens with one attached hydrogen (secondary N) is 1. The molecule has 2 amide bonds. The lowest BCUT2D eigenvalue weighted by Crippen LogP contribution is -2.34. The van der Waals surface area contributed by atoms with Crippen molar-refractivity contribution in [1.82, 2.24) is 10.3 Å². The molecule has 2 heterocycles. The highest BCUT2D eigenvalue weighted by Gasteiger charge is 2.32. The van der Waals surface area contributed by atoms with Crippen LogP contribution in [0.2, 0.25) is 0 Å². The van der Waals surface area contributed by atoms with Gasteiger partial charge in [-0.1, -0.05) is 24.3 Å². The van der Waals surface area contributed by atoms with Gasteiger partial charge in [0.05, 0.1) is 25.0 Å². The van der Waals surface area contributed by atoms with Gasteiger partial charge in [0, 0.05) is 47.9 Å². The maximum Gasteiger partial charge on any atom is 0.414 e. The van der Waals surface area contributed by atoms with Gasteiger partial charge in [0.25, 0.3) is 0 Å². The Morgan fingerprint density at radius 3 is 2.64 bits per heavy atom. The third kappa shape index (κ3) is 5.75. The molecule has 1 atom stereocenters. The second-order valence-corrected chi connectivity index (χ2v) is 9.58. The van der Waals surface area contributed by atoms with Gasteiger partial charge < -0.3 is 10.1 Å². The lowest BCUT2D eigenvalue weighted by Gasteiger charge is -2.22. The summed E-state index contributed by atoms with van der Waals surface area (Å²) in [4.78, 5) is 24.6. The van der Waals surface area contributed by atoms with E-state index in [1.807, 2.05) is 29.3 Å². The highest BCUT2D eigenvalue weighted by atomic mass is 32.2. The largest absolute Gasteiger partial charge is 0.442 e. The Bertz CT molecular complexity index is 1080. The van der Waals surface area contributed by atoms with E-state index in [1.165, 1.54) is 17.9 Å². The highest BCUT2D eigenvalue weighted by molar-refractivity contribution is 7.85. The fraction of sp³-hybridized carbons (Fsp3) is 0.348. The van der Waals surface area contributed by atoms with E-state index in [4.69, 9.17) is 4.74 Å². The van der Waals surface area contributed by atoms with Crippen LogP contribution in [0.4, 0.5) is 14.9 Å². The predicted octanol–water partition coefficient (Wildman–Crippen LogP) is 2.35. The molecule has 8 nitrogen and oxygen atoms in total. The van der Waals surface area contributed by atoms with Crippen molar-refractivity contribution < 1.29 is 22.9 Å². The summed E-state index contributed by atoms with van der Waals surface area (Å²) < 4.78 is 31.6. The minimum absolute atomic E-state index is 0.207. The summed E-state index contributed by atoms with van der Waals surface area (Å²) in [5.74, 6) is 0.613. The first-order valence-corrected chi connectivity index (χ1v) is 12.1. The summed E-state index contributed by atoms with van der Waals surface area (Å²) in [7, 11) is -0.740. The quantitative estimate of drug-likeness (QED) is 0.652. The molecule has 4 rings (SSSR count). The molecule has 0 bridgehead atoms. The third-order valence-corrected chi connectivity index (χ3v) is 6.74. The molecular formula is C23H25FN4O4S. The van der Waals surface area contributed by atoms with Gasteiger partial charge in [-0.15, -0.1) is 0 Å². The number of ether oxygens (including phenoxy) is 1. The van der Waals surface area contributed by atoms with Crippen LogP contribution in [-0.2, 0) is 20.3 Å². The topological polar surface area (TPSA) is 91.3 Å². The smallest absolute Gasteiger partial charge is 0.414 e. The molecule has 2 aromatic rings. The van der Waals surface area contributed by atoms with E-state index >= 15 is 0 Å². The lowest BCUT2D eigenvalue weighted by molar-refractivity contribution is -0.119. The first kappa shape index (κ1) is 22.9. The molecule has 0 saturated carbocycles. The van der Waals surface area contributed by atoms with Crippen molar-refractivity contribution in [2.24, 2.45) is 5.10 Å². The van der Waals surface area contributed by atoms with Crippen molar-refractivity contribution in [3.05, 3.63) is 53.8 Å². The lowest BCUT2D eigenvalue weighted by atomic mass is 10.0. The van der Waals surface area contributed by atoms with Crippen molar-refractivity contribution in [3.63, 3.8) is 0 Å². The van der Waals surface area contributed by atoms with Crippen LogP contribution < -0.4 is 10.2 Å². The van der Waals surface area contributed by atoms with Crippen molar-refractivity contribution in [3.8, 4) is 11.1 Å². The van der Waals surface area contributed by atoms with Gasteiger partial charge in [0.1, 0.15) is 11.9 Å². The van der Waals surface area contributed by atoms with Gasteiger partial charge in [-0.05, 0) is 29.3 Å². The molecule has 0 spiro atoms. The first-order valence-electron chi connectivity index (χ1n) is 10.7. The van der Waals surface area contributed by atoms with E-state index in [0.29, 0.717) is 41.4 Å². The Kier molecular flexibility index (Phi) is 7.02. The monoisotopic (exact) mass is 472 g/mol. The third-order valence-electron chi connectivity index (χ3n) is 5.46. The second-order valence-electron chi connectivity index (χ2n) is 7.89. The summed E-state index contributed by atoms with van der Waals surface area (Å²) >= 11 is 0. The number of carbonyl (C=O) groups excluding carboxylic acids is 2. The van der Waals surface area contributed by atoms with Crippen molar-refractivity contribution in [1.29, 1.82) is 0 Å². The molecule has 2 aromatic carbocycles. The number of amides is 2. The number of hydrazone groups is 1. The normalized spacial score (nSPS) is 19.2. The number of rotatable bonds is 6. The SMILES string of the molecule is CC(=O)NC[C@H]1CN(c2ccc(-c3ccc(C=NN4CCS(=O)CC4)cc3)c(F)c2)C(=O)O1. The molecule has 2 saturated heterocycles. The maximum atomic E-state index is 14.9. The molecule has 2 fully saturated rings. The number of hydrogen-bond acceptors (Lipinski definition) is 6. The van der Waals surface area contributed by atoms with Crippen LogP contribution in [0.5, 0.6) is 0 Å². The van der Waals surface area contributed by atoms with Crippen LogP contribution >= 0.6 is 0 Å². The number of cyclic esters (lactones) is 1. The van der Waals surface area contributed by atoms with Gasteiger partial charge in [0.2, 0.25) is 5.91 Å². The molecule has 10 heteroatoms. The van der Waals surface area contributed by atoms with Gasteiger partial charge in [-0.2, -0.15) is 5.10 Å². The Morgan fingerprint density at radius 1 is 1.24 bits per heavy atom. The Labute approximate surface area is 193 Å². The fourth-order valence-corrected chi connectivity index (χ4v) is 4.68. The fourth-order valence-electron chi connectivity index (χ4n) is 3.64. The van der Waals surface area contributed by atoms with E-state index in [2.05, 4.69) is 10.4 Å². The van der Waals surface area contributed by atoms with Crippen LogP contribution in [0.1, 0.15) is 12.5 Å². The highest BCUT2D eigenvalue weighted by Crippen LogP contribution is 2.29. The minimum Gasteiger partial charge on any atom is -0.442 e. The molecule has 174 valence electrons. The zero-order valence-corrected chi connectivity index (χ0v) is 19.0.